The predicted molar refractivity (Wildman–Crippen MR) is 67.2 cm³/mol. The van der Waals surface area contributed by atoms with Crippen LogP contribution in [-0.2, 0) is 0 Å². The van der Waals surface area contributed by atoms with Crippen molar-refractivity contribution in [2.75, 3.05) is 0 Å². The predicted octanol–water partition coefficient (Wildman–Crippen LogP) is 5.04. The minimum atomic E-state index is -0.667. The number of halogens is 1. The summed E-state index contributed by atoms with van der Waals surface area (Å²) in [5, 5.41) is 0. The fraction of sp³-hybridized carbons (Fsp3) is 0.867. The lowest BCUT2D eigenvalue weighted by atomic mass is 9.85. The number of rotatable bonds is 2. The van der Waals surface area contributed by atoms with Gasteiger partial charge in [0.05, 0.1) is 0 Å². The van der Waals surface area contributed by atoms with Crippen LogP contribution in [0.15, 0.2) is 12.2 Å². The first-order valence-corrected chi connectivity index (χ1v) is 7.15. The molecule has 0 aliphatic heterocycles. The molecule has 0 amide bonds. The molecule has 0 nitrogen and oxygen atoms in total. The summed E-state index contributed by atoms with van der Waals surface area (Å²) in [6.07, 6.45) is 16.1. The molecule has 0 bridgehead atoms. The van der Waals surface area contributed by atoms with E-state index in [4.69, 9.17) is 0 Å². The van der Waals surface area contributed by atoms with Crippen LogP contribution in [0.1, 0.15) is 64.2 Å². The summed E-state index contributed by atoms with van der Waals surface area (Å²) in [5.74, 6) is 1.71. The first kappa shape index (κ1) is 12.1. The second-order valence-electron chi connectivity index (χ2n) is 5.72. The van der Waals surface area contributed by atoms with Gasteiger partial charge in [0.1, 0.15) is 6.17 Å². The molecule has 1 fully saturated rings. The highest BCUT2D eigenvalue weighted by atomic mass is 19.1. The minimum Gasteiger partial charge on any atom is -0.243 e. The van der Waals surface area contributed by atoms with Crippen LogP contribution in [0.5, 0.6) is 0 Å². The third-order valence-electron chi connectivity index (χ3n) is 4.31. The molecule has 0 radical (unpaired) electrons. The second-order valence-corrected chi connectivity index (χ2v) is 5.72. The third kappa shape index (κ3) is 3.92. The zero-order valence-corrected chi connectivity index (χ0v) is 10.3. The average molecular weight is 224 g/mol. The number of allylic oxidation sites excluding steroid dienone is 2. The molecule has 2 aliphatic rings. The molecule has 2 aliphatic carbocycles. The van der Waals surface area contributed by atoms with Gasteiger partial charge in [0.2, 0.25) is 0 Å². The van der Waals surface area contributed by atoms with Crippen molar-refractivity contribution in [3.05, 3.63) is 12.2 Å². The summed E-state index contributed by atoms with van der Waals surface area (Å²) in [7, 11) is 0. The third-order valence-corrected chi connectivity index (χ3v) is 4.31. The Balaban J connectivity index is 1.77. The Morgan fingerprint density at radius 2 is 1.62 bits per heavy atom. The van der Waals surface area contributed by atoms with E-state index < -0.39 is 6.17 Å². The van der Waals surface area contributed by atoms with Crippen molar-refractivity contribution in [3.63, 3.8) is 0 Å². The van der Waals surface area contributed by atoms with Gasteiger partial charge in [0.25, 0.3) is 0 Å². The Labute approximate surface area is 99.3 Å². The molecule has 2 unspecified atom stereocenters. The molecule has 1 heteroatoms. The summed E-state index contributed by atoms with van der Waals surface area (Å²) in [6, 6.07) is 0. The topological polar surface area (TPSA) is 0 Å². The van der Waals surface area contributed by atoms with E-state index in [0.29, 0.717) is 0 Å². The molecular weight excluding hydrogens is 199 g/mol. The van der Waals surface area contributed by atoms with E-state index in [1.807, 2.05) is 0 Å². The standard InChI is InChI=1S/C15H25F/c16-15-9-5-8-14(10-11-15)12-13-6-3-1-2-4-7-13/h5,9,13-15H,1-4,6-8,10-12H2. The lowest BCUT2D eigenvalue weighted by Gasteiger charge is -2.20. The quantitative estimate of drug-likeness (QED) is 0.455. The van der Waals surface area contributed by atoms with Crippen LogP contribution < -0.4 is 0 Å². The summed E-state index contributed by atoms with van der Waals surface area (Å²) in [5.41, 5.74) is 0. The first-order valence-electron chi connectivity index (χ1n) is 7.15. The van der Waals surface area contributed by atoms with Gasteiger partial charge in [-0.2, -0.15) is 0 Å². The van der Waals surface area contributed by atoms with Crippen molar-refractivity contribution in [2.24, 2.45) is 11.8 Å². The van der Waals surface area contributed by atoms with E-state index in [0.717, 1.165) is 31.1 Å². The molecule has 0 aromatic heterocycles. The van der Waals surface area contributed by atoms with Crippen molar-refractivity contribution in [1.29, 1.82) is 0 Å². The molecular formula is C15H25F. The fourth-order valence-electron chi connectivity index (χ4n) is 3.31. The Hall–Kier alpha value is -0.330. The van der Waals surface area contributed by atoms with Crippen LogP contribution >= 0.6 is 0 Å². The molecule has 0 aromatic rings. The van der Waals surface area contributed by atoms with E-state index >= 15 is 0 Å². The van der Waals surface area contributed by atoms with Crippen molar-refractivity contribution >= 4 is 0 Å². The van der Waals surface area contributed by atoms with Gasteiger partial charge >= 0.3 is 0 Å². The zero-order chi connectivity index (χ0) is 11.2. The van der Waals surface area contributed by atoms with Crippen molar-refractivity contribution < 1.29 is 4.39 Å². The number of alkyl halides is 1. The van der Waals surface area contributed by atoms with Crippen molar-refractivity contribution in [3.8, 4) is 0 Å². The number of hydrogen-bond acceptors (Lipinski definition) is 0. The Bertz CT molecular complexity index is 213. The molecule has 2 rings (SSSR count). The maximum atomic E-state index is 13.2. The molecule has 0 aromatic carbocycles. The summed E-state index contributed by atoms with van der Waals surface area (Å²) >= 11 is 0. The van der Waals surface area contributed by atoms with Crippen LogP contribution in [0.25, 0.3) is 0 Å². The zero-order valence-electron chi connectivity index (χ0n) is 10.3. The van der Waals surface area contributed by atoms with Crippen molar-refractivity contribution in [2.45, 2.75) is 70.4 Å². The van der Waals surface area contributed by atoms with Gasteiger partial charge in [0.15, 0.2) is 0 Å². The van der Waals surface area contributed by atoms with E-state index in [1.165, 1.54) is 44.9 Å². The molecule has 92 valence electrons. The molecule has 16 heavy (non-hydrogen) atoms. The molecule has 0 saturated heterocycles. The highest BCUT2D eigenvalue weighted by molar-refractivity contribution is 4.94. The molecule has 0 heterocycles. The average Bonchev–Trinajstić information content (AvgIpc) is 2.63. The van der Waals surface area contributed by atoms with Crippen LogP contribution in [0.2, 0.25) is 0 Å². The monoisotopic (exact) mass is 224 g/mol. The van der Waals surface area contributed by atoms with Gasteiger partial charge in [-0.05, 0) is 37.5 Å². The summed E-state index contributed by atoms with van der Waals surface area (Å²) < 4.78 is 13.2. The Kier molecular flexibility index (Phi) is 4.87. The largest absolute Gasteiger partial charge is 0.243 e. The van der Waals surface area contributed by atoms with Crippen LogP contribution in [-0.4, -0.2) is 6.17 Å². The maximum absolute atomic E-state index is 13.2. The SMILES string of the molecule is FC1C=CCC(CC2CCCCCC2)CC1. The van der Waals surface area contributed by atoms with Crippen LogP contribution in [0, 0.1) is 11.8 Å². The highest BCUT2D eigenvalue weighted by Crippen LogP contribution is 2.32. The van der Waals surface area contributed by atoms with Gasteiger partial charge in [-0.1, -0.05) is 50.7 Å². The van der Waals surface area contributed by atoms with Gasteiger partial charge in [-0.15, -0.1) is 0 Å². The molecule has 0 N–H and O–H groups in total. The Morgan fingerprint density at radius 1 is 0.875 bits per heavy atom. The first-order chi connectivity index (χ1) is 7.84. The highest BCUT2D eigenvalue weighted by Gasteiger charge is 2.19. The van der Waals surface area contributed by atoms with Gasteiger partial charge in [-0.3, -0.25) is 0 Å². The van der Waals surface area contributed by atoms with Crippen LogP contribution in [0.4, 0.5) is 4.39 Å². The van der Waals surface area contributed by atoms with E-state index in [2.05, 4.69) is 6.08 Å². The van der Waals surface area contributed by atoms with E-state index in [9.17, 15) is 4.39 Å². The van der Waals surface area contributed by atoms with Gasteiger partial charge in [0, 0.05) is 0 Å². The lowest BCUT2D eigenvalue weighted by Crippen LogP contribution is -2.08. The number of hydrogen-bond donors (Lipinski definition) is 0. The van der Waals surface area contributed by atoms with Gasteiger partial charge < -0.3 is 0 Å². The normalized spacial score (nSPS) is 33.3. The second kappa shape index (κ2) is 6.42. The molecule has 0 spiro atoms. The smallest absolute Gasteiger partial charge is 0.118 e. The minimum absolute atomic E-state index is 0.667. The van der Waals surface area contributed by atoms with E-state index in [1.54, 1.807) is 6.08 Å². The Morgan fingerprint density at radius 3 is 2.38 bits per heavy atom. The van der Waals surface area contributed by atoms with Crippen molar-refractivity contribution in [1.82, 2.24) is 0 Å². The van der Waals surface area contributed by atoms with Gasteiger partial charge in [-0.25, -0.2) is 4.39 Å². The summed E-state index contributed by atoms with van der Waals surface area (Å²) in [4.78, 5) is 0. The lowest BCUT2D eigenvalue weighted by molar-refractivity contribution is 0.298. The van der Waals surface area contributed by atoms with Crippen LogP contribution in [0.3, 0.4) is 0 Å². The molecule has 1 saturated carbocycles. The fourth-order valence-corrected chi connectivity index (χ4v) is 3.31. The molecule has 2 atom stereocenters. The summed E-state index contributed by atoms with van der Waals surface area (Å²) in [6.45, 7) is 0. The van der Waals surface area contributed by atoms with E-state index in [-0.39, 0.29) is 0 Å². The maximum Gasteiger partial charge on any atom is 0.118 e.